The molecule has 3 rings (SSSR count). The van der Waals surface area contributed by atoms with Crippen LogP contribution in [-0.2, 0) is 20.9 Å². The second kappa shape index (κ2) is 12.7. The van der Waals surface area contributed by atoms with E-state index in [0.29, 0.717) is 6.54 Å². The van der Waals surface area contributed by atoms with Crippen molar-refractivity contribution in [3.05, 3.63) is 114 Å². The van der Waals surface area contributed by atoms with Crippen molar-refractivity contribution in [2.45, 2.75) is 19.1 Å². The average molecular weight is 446 g/mol. The number of hydrogen-bond acceptors (Lipinski definition) is 4. The highest BCUT2D eigenvalue weighted by atomic mass is 16.6. The van der Waals surface area contributed by atoms with Crippen LogP contribution in [-0.4, -0.2) is 35.8 Å². The number of carbonyl (C=O) groups is 1. The molecule has 2 N–H and O–H groups in total. The third-order valence-corrected chi connectivity index (χ3v) is 5.02. The van der Waals surface area contributed by atoms with Crippen LogP contribution in [0, 0.1) is 0 Å². The van der Waals surface area contributed by atoms with Crippen LogP contribution in [0.15, 0.2) is 97.1 Å². The minimum absolute atomic E-state index is 0.0959. The van der Waals surface area contributed by atoms with Gasteiger partial charge in [0.1, 0.15) is 12.6 Å². The molecule has 0 aliphatic carbocycles. The quantitative estimate of drug-likeness (QED) is 0.217. The molecule has 0 aliphatic heterocycles. The number of methoxy groups -OCH3 is 1. The Kier molecular flexibility index (Phi) is 9.09. The van der Waals surface area contributed by atoms with Gasteiger partial charge in [-0.1, -0.05) is 108 Å². The van der Waals surface area contributed by atoms with E-state index in [-0.39, 0.29) is 25.1 Å². The van der Waals surface area contributed by atoms with E-state index in [4.69, 9.17) is 9.47 Å². The van der Waals surface area contributed by atoms with Crippen LogP contribution in [0.2, 0.25) is 0 Å². The van der Waals surface area contributed by atoms with E-state index >= 15 is 0 Å². The molecule has 0 saturated carbocycles. The molecule has 0 saturated heterocycles. The number of carbonyl (C=O) groups excluding carboxylic acids is 1. The van der Waals surface area contributed by atoms with E-state index in [2.05, 4.69) is 5.10 Å². The second-order valence-corrected chi connectivity index (χ2v) is 7.36. The van der Waals surface area contributed by atoms with Gasteiger partial charge in [-0.05, 0) is 16.7 Å². The zero-order chi connectivity index (χ0) is 23.3. The standard InChI is InChI=1S/C27H28N2O4/c1-32-26(30)20-25(24-17-9-4-10-18-24)29(19-11-16-22-12-5-2-6-13-22)28-27(31)33-21-23-14-7-3-8-15-23/h2-18,25H,19-21H2,1H3,(H,28,31)/p+1/b16-11+. The summed E-state index contributed by atoms with van der Waals surface area (Å²) in [4.78, 5) is 12.2. The minimum Gasteiger partial charge on any atom is -0.469 e. The predicted molar refractivity (Wildman–Crippen MR) is 128 cm³/mol. The maximum Gasteiger partial charge on any atom is 0.574 e. The molecule has 3 aromatic rings. The largest absolute Gasteiger partial charge is 0.574 e. The summed E-state index contributed by atoms with van der Waals surface area (Å²) >= 11 is 0. The molecule has 1 atom stereocenters. The summed E-state index contributed by atoms with van der Waals surface area (Å²) in [6.07, 6.45) is 3.69. The molecule has 6 nitrogen and oxygen atoms in total. The van der Waals surface area contributed by atoms with E-state index < -0.39 is 6.04 Å². The van der Waals surface area contributed by atoms with Crippen LogP contribution < -0.4 is 5.10 Å². The molecule has 0 bridgehead atoms. The molecular formula is C27H29N2O4+. The molecule has 0 amide bonds. The minimum atomic E-state index is -0.401. The molecule has 0 aromatic heterocycles. The summed E-state index contributed by atoms with van der Waals surface area (Å²) in [5, 5.41) is 15.2. The van der Waals surface area contributed by atoms with Gasteiger partial charge in [0.2, 0.25) is 0 Å². The summed E-state index contributed by atoms with van der Waals surface area (Å²) in [7, 11) is 1.37. The van der Waals surface area contributed by atoms with Gasteiger partial charge in [-0.15, -0.1) is 0 Å². The molecule has 3 aromatic carbocycles. The average Bonchev–Trinajstić information content (AvgIpc) is 2.87. The number of aliphatic hydroxyl groups is 1. The normalized spacial score (nSPS) is 12.3. The highest BCUT2D eigenvalue weighted by Crippen LogP contribution is 2.22. The van der Waals surface area contributed by atoms with Crippen molar-refractivity contribution in [2.24, 2.45) is 0 Å². The molecule has 0 fully saturated rings. The Labute approximate surface area is 194 Å². The molecule has 0 heterocycles. The molecule has 1 unspecified atom stereocenters. The molecular weight excluding hydrogens is 416 g/mol. The Hall–Kier alpha value is -4.06. The SMILES string of the molecule is COC(=O)CC(c1ccccc1)N(C/C=C/c1ccccc1)[NH+]=C(O)OCc1ccccc1. The maximum atomic E-state index is 12.2. The third kappa shape index (κ3) is 7.85. The summed E-state index contributed by atoms with van der Waals surface area (Å²) < 4.78 is 10.4. The van der Waals surface area contributed by atoms with Crippen molar-refractivity contribution in [1.29, 1.82) is 0 Å². The van der Waals surface area contributed by atoms with Crippen LogP contribution >= 0.6 is 0 Å². The number of hydrazone groups is 1. The second-order valence-electron chi connectivity index (χ2n) is 7.36. The zero-order valence-electron chi connectivity index (χ0n) is 18.6. The van der Waals surface area contributed by atoms with E-state index in [0.717, 1.165) is 16.7 Å². The van der Waals surface area contributed by atoms with Crippen LogP contribution in [0.4, 0.5) is 0 Å². The number of hydrogen-bond donors (Lipinski definition) is 2. The predicted octanol–water partition coefficient (Wildman–Crippen LogP) is 3.43. The van der Waals surface area contributed by atoms with Crippen molar-refractivity contribution in [1.82, 2.24) is 5.01 Å². The first-order chi connectivity index (χ1) is 16.2. The van der Waals surface area contributed by atoms with Crippen molar-refractivity contribution in [2.75, 3.05) is 13.7 Å². The Balaban J connectivity index is 1.84. The first kappa shape index (κ1) is 23.6. The van der Waals surface area contributed by atoms with Crippen LogP contribution in [0.25, 0.3) is 6.08 Å². The van der Waals surface area contributed by atoms with Crippen molar-refractivity contribution < 1.29 is 24.5 Å². The Morgan fingerprint density at radius 2 is 1.58 bits per heavy atom. The number of ether oxygens (including phenoxy) is 2. The molecule has 0 radical (unpaired) electrons. The monoisotopic (exact) mass is 445 g/mol. The fourth-order valence-electron chi connectivity index (χ4n) is 3.32. The third-order valence-electron chi connectivity index (χ3n) is 5.02. The molecule has 33 heavy (non-hydrogen) atoms. The highest BCUT2D eigenvalue weighted by molar-refractivity contribution is 5.70. The summed E-state index contributed by atoms with van der Waals surface area (Å²) in [6, 6.07) is 28.7. The Bertz CT molecular complexity index is 1040. The molecule has 6 heteroatoms. The number of hydrazine groups is 1. The van der Waals surface area contributed by atoms with Crippen LogP contribution in [0.1, 0.15) is 29.2 Å². The topological polar surface area (TPSA) is 73.0 Å². The van der Waals surface area contributed by atoms with E-state index in [1.165, 1.54) is 7.11 Å². The van der Waals surface area contributed by atoms with Gasteiger partial charge in [0, 0.05) is 0 Å². The molecule has 0 spiro atoms. The van der Waals surface area contributed by atoms with Crippen molar-refractivity contribution >= 4 is 18.1 Å². The van der Waals surface area contributed by atoms with Gasteiger partial charge in [-0.25, -0.2) is 0 Å². The van der Waals surface area contributed by atoms with Crippen molar-refractivity contribution in [3.8, 4) is 0 Å². The lowest BCUT2D eigenvalue weighted by molar-refractivity contribution is -0.667. The number of benzene rings is 3. The number of aliphatic hydroxyl groups excluding tert-OH is 1. The Morgan fingerprint density at radius 3 is 2.21 bits per heavy atom. The zero-order valence-corrected chi connectivity index (χ0v) is 18.6. The number of rotatable bonds is 10. The van der Waals surface area contributed by atoms with Gasteiger partial charge in [0.05, 0.1) is 20.1 Å². The summed E-state index contributed by atoms with van der Waals surface area (Å²) in [5.41, 5.74) is 2.88. The number of nitrogens with zero attached hydrogens (tertiary/aromatic N) is 1. The van der Waals surface area contributed by atoms with E-state index in [1.54, 1.807) is 5.01 Å². The van der Waals surface area contributed by atoms with Crippen molar-refractivity contribution in [3.63, 3.8) is 0 Å². The first-order valence-corrected chi connectivity index (χ1v) is 10.7. The fourth-order valence-corrected chi connectivity index (χ4v) is 3.32. The first-order valence-electron chi connectivity index (χ1n) is 10.7. The lowest BCUT2D eigenvalue weighted by Crippen LogP contribution is -2.85. The van der Waals surface area contributed by atoms with Gasteiger partial charge in [-0.3, -0.25) is 4.79 Å². The lowest BCUT2D eigenvalue weighted by atomic mass is 10.0. The van der Waals surface area contributed by atoms with Gasteiger partial charge in [0.25, 0.3) is 0 Å². The van der Waals surface area contributed by atoms with E-state index in [1.807, 2.05) is 103 Å². The van der Waals surface area contributed by atoms with Crippen LogP contribution in [0.5, 0.6) is 0 Å². The van der Waals surface area contributed by atoms with Gasteiger partial charge in [-0.2, -0.15) is 5.01 Å². The molecule has 170 valence electrons. The van der Waals surface area contributed by atoms with Crippen LogP contribution in [0.3, 0.4) is 0 Å². The Morgan fingerprint density at radius 1 is 0.970 bits per heavy atom. The number of esters is 1. The van der Waals surface area contributed by atoms with Gasteiger partial charge < -0.3 is 14.6 Å². The summed E-state index contributed by atoms with van der Waals surface area (Å²) in [5.74, 6) is -0.354. The van der Waals surface area contributed by atoms with Gasteiger partial charge >= 0.3 is 12.1 Å². The van der Waals surface area contributed by atoms with E-state index in [9.17, 15) is 9.90 Å². The number of nitrogens with one attached hydrogen (secondary N) is 1. The lowest BCUT2D eigenvalue weighted by Gasteiger charge is -2.23. The smallest absolute Gasteiger partial charge is 0.469 e. The maximum absolute atomic E-state index is 12.2. The fraction of sp³-hybridized carbons (Fsp3) is 0.185. The van der Waals surface area contributed by atoms with Gasteiger partial charge in [0.15, 0.2) is 0 Å². The highest BCUT2D eigenvalue weighted by Gasteiger charge is 2.27. The molecule has 0 aliphatic rings. The summed E-state index contributed by atoms with van der Waals surface area (Å²) in [6.45, 7) is 0.602.